The quantitative estimate of drug-likeness (QED) is 0.550. The molecule has 6 nitrogen and oxygen atoms in total. The molecule has 0 radical (unpaired) electrons. The van der Waals surface area contributed by atoms with Crippen LogP contribution in [-0.2, 0) is 6.42 Å². The van der Waals surface area contributed by atoms with E-state index >= 15 is 0 Å². The number of rotatable bonds is 8. The first-order valence-corrected chi connectivity index (χ1v) is 9.55. The molecule has 0 unspecified atom stereocenters. The maximum atomic E-state index is 12.7. The highest BCUT2D eigenvalue weighted by Gasteiger charge is 2.21. The average molecular weight is 390 g/mol. The predicted molar refractivity (Wildman–Crippen MR) is 115 cm³/mol. The van der Waals surface area contributed by atoms with Gasteiger partial charge >= 0.3 is 0 Å². The molecule has 2 aromatic carbocycles. The molecule has 3 rings (SSSR count). The first-order valence-electron chi connectivity index (χ1n) is 9.55. The van der Waals surface area contributed by atoms with Crippen molar-refractivity contribution >= 4 is 17.3 Å². The molecule has 0 saturated heterocycles. The third kappa shape index (κ3) is 5.40. The minimum Gasteiger partial charge on any atom is -0.390 e. The highest BCUT2D eigenvalue weighted by atomic mass is 16.3. The first kappa shape index (κ1) is 20.5. The number of carbonyl (C=O) groups is 1. The third-order valence-electron chi connectivity index (χ3n) is 4.89. The number of anilines is 2. The molecule has 3 aromatic rings. The van der Waals surface area contributed by atoms with Crippen LogP contribution >= 0.6 is 0 Å². The summed E-state index contributed by atoms with van der Waals surface area (Å²) in [5, 5.41) is 13.2. The second-order valence-electron chi connectivity index (χ2n) is 6.88. The number of carbonyl (C=O) groups excluding carboxylic acids is 1. The summed E-state index contributed by atoms with van der Waals surface area (Å²) < 4.78 is 0. The largest absolute Gasteiger partial charge is 0.390 e. The summed E-state index contributed by atoms with van der Waals surface area (Å²) in [4.78, 5) is 18.8. The van der Waals surface area contributed by atoms with Crippen LogP contribution in [0, 0.1) is 0 Å². The Balaban J connectivity index is 1.69. The van der Waals surface area contributed by atoms with Crippen LogP contribution in [0.15, 0.2) is 79.1 Å². The Labute approximate surface area is 171 Å². The topological polar surface area (TPSA) is 91.5 Å². The molecule has 2 atom stereocenters. The van der Waals surface area contributed by atoms with E-state index in [-0.39, 0.29) is 12.5 Å². The zero-order valence-electron chi connectivity index (χ0n) is 16.4. The second-order valence-corrected chi connectivity index (χ2v) is 6.88. The molecule has 0 bridgehead atoms. The van der Waals surface area contributed by atoms with E-state index in [0.717, 1.165) is 16.9 Å². The van der Waals surface area contributed by atoms with Crippen LogP contribution in [0.3, 0.4) is 0 Å². The zero-order chi connectivity index (χ0) is 20.6. The number of aliphatic hydroxyl groups excluding tert-OH is 1. The first-order chi connectivity index (χ1) is 14.1. The van der Waals surface area contributed by atoms with E-state index in [1.54, 1.807) is 24.5 Å². The standard InChI is InChI=1S/C23H26N4O2/c1-27(20-11-13-25-14-12-20)19-9-7-18(8-10-19)23(29)26-21(22(28)16-24)15-17-5-3-2-4-6-17/h2-14,21-22,28H,15-16,24H2,1H3,(H,26,29)/t21-,22+/m0/s1. The predicted octanol–water partition coefficient (Wildman–Crippen LogP) is 2.51. The van der Waals surface area contributed by atoms with Crippen LogP contribution in [0.2, 0.25) is 0 Å². The van der Waals surface area contributed by atoms with Crippen molar-refractivity contribution < 1.29 is 9.90 Å². The number of aliphatic hydroxyl groups is 1. The fourth-order valence-electron chi connectivity index (χ4n) is 3.12. The summed E-state index contributed by atoms with van der Waals surface area (Å²) in [7, 11) is 1.96. The summed E-state index contributed by atoms with van der Waals surface area (Å²) >= 11 is 0. The summed E-state index contributed by atoms with van der Waals surface area (Å²) in [5.74, 6) is -0.239. The normalized spacial score (nSPS) is 12.8. The van der Waals surface area contributed by atoms with Crippen LogP contribution < -0.4 is 16.0 Å². The van der Waals surface area contributed by atoms with Crippen LogP contribution in [-0.4, -0.2) is 41.7 Å². The molecule has 1 aromatic heterocycles. The van der Waals surface area contributed by atoms with Gasteiger partial charge in [-0.1, -0.05) is 30.3 Å². The average Bonchev–Trinajstić information content (AvgIpc) is 2.79. The van der Waals surface area contributed by atoms with Gasteiger partial charge < -0.3 is 21.1 Å². The summed E-state index contributed by atoms with van der Waals surface area (Å²) in [5.41, 5.74) is 9.15. The Kier molecular flexibility index (Phi) is 6.94. The number of nitrogens with one attached hydrogen (secondary N) is 1. The lowest BCUT2D eigenvalue weighted by Gasteiger charge is -2.24. The lowest BCUT2D eigenvalue weighted by Crippen LogP contribution is -2.47. The Morgan fingerprint density at radius 2 is 1.66 bits per heavy atom. The molecule has 0 saturated carbocycles. The van der Waals surface area contributed by atoms with Gasteiger partial charge in [-0.2, -0.15) is 0 Å². The minimum absolute atomic E-state index is 0.0768. The van der Waals surface area contributed by atoms with Crippen molar-refractivity contribution in [3.05, 3.63) is 90.3 Å². The van der Waals surface area contributed by atoms with E-state index in [0.29, 0.717) is 12.0 Å². The maximum absolute atomic E-state index is 12.7. The molecule has 6 heteroatoms. The number of benzene rings is 2. The van der Waals surface area contributed by atoms with Crippen molar-refractivity contribution in [1.82, 2.24) is 10.3 Å². The van der Waals surface area contributed by atoms with Crippen molar-refractivity contribution in [3.8, 4) is 0 Å². The van der Waals surface area contributed by atoms with Crippen molar-refractivity contribution in [2.24, 2.45) is 5.73 Å². The van der Waals surface area contributed by atoms with Crippen LogP contribution in [0.1, 0.15) is 15.9 Å². The minimum atomic E-state index is -0.823. The van der Waals surface area contributed by atoms with Gasteiger partial charge in [0, 0.05) is 42.9 Å². The van der Waals surface area contributed by atoms with Gasteiger partial charge in [-0.15, -0.1) is 0 Å². The maximum Gasteiger partial charge on any atom is 0.251 e. The van der Waals surface area contributed by atoms with Crippen LogP contribution in [0.4, 0.5) is 11.4 Å². The molecular weight excluding hydrogens is 364 g/mol. The molecule has 1 amide bonds. The Morgan fingerprint density at radius 1 is 1.03 bits per heavy atom. The van der Waals surface area contributed by atoms with Crippen LogP contribution in [0.25, 0.3) is 0 Å². The number of hydrogen-bond acceptors (Lipinski definition) is 5. The van der Waals surface area contributed by atoms with Crippen molar-refractivity contribution in [3.63, 3.8) is 0 Å². The van der Waals surface area contributed by atoms with E-state index < -0.39 is 12.1 Å². The van der Waals surface area contributed by atoms with Crippen molar-refractivity contribution in [1.29, 1.82) is 0 Å². The fourth-order valence-corrected chi connectivity index (χ4v) is 3.12. The van der Waals surface area contributed by atoms with E-state index in [2.05, 4.69) is 10.3 Å². The van der Waals surface area contributed by atoms with Gasteiger partial charge in [0.05, 0.1) is 12.1 Å². The van der Waals surface area contributed by atoms with Crippen LogP contribution in [0.5, 0.6) is 0 Å². The Bertz CT molecular complexity index is 901. The smallest absolute Gasteiger partial charge is 0.251 e. The van der Waals surface area contributed by atoms with Gasteiger partial charge in [-0.25, -0.2) is 0 Å². The number of nitrogens with zero attached hydrogens (tertiary/aromatic N) is 2. The number of pyridine rings is 1. The molecule has 29 heavy (non-hydrogen) atoms. The summed E-state index contributed by atoms with van der Waals surface area (Å²) in [6.45, 7) is 0.0768. The molecule has 0 aliphatic heterocycles. The highest BCUT2D eigenvalue weighted by Crippen LogP contribution is 2.23. The third-order valence-corrected chi connectivity index (χ3v) is 4.89. The van der Waals surface area contributed by atoms with E-state index in [1.807, 2.05) is 66.5 Å². The van der Waals surface area contributed by atoms with Gasteiger partial charge in [0.2, 0.25) is 0 Å². The fraction of sp³-hybridized carbons (Fsp3) is 0.217. The number of amides is 1. The number of aromatic nitrogens is 1. The summed E-state index contributed by atoms with van der Waals surface area (Å²) in [6.07, 6.45) is 3.16. The van der Waals surface area contributed by atoms with Crippen molar-refractivity contribution in [2.45, 2.75) is 18.6 Å². The molecule has 1 heterocycles. The lowest BCUT2D eigenvalue weighted by molar-refractivity contribution is 0.0845. The number of nitrogens with two attached hydrogens (primary N) is 1. The van der Waals surface area contributed by atoms with Gasteiger partial charge in [0.25, 0.3) is 5.91 Å². The van der Waals surface area contributed by atoms with E-state index in [9.17, 15) is 9.90 Å². The van der Waals surface area contributed by atoms with Gasteiger partial charge in [0.1, 0.15) is 0 Å². The molecule has 0 fully saturated rings. The van der Waals surface area contributed by atoms with E-state index in [4.69, 9.17) is 5.73 Å². The van der Waals surface area contributed by atoms with E-state index in [1.165, 1.54) is 0 Å². The SMILES string of the molecule is CN(c1ccncc1)c1ccc(C(=O)N[C@@H](Cc2ccccc2)[C@H](O)CN)cc1. The molecule has 4 N–H and O–H groups in total. The number of hydrogen-bond donors (Lipinski definition) is 3. The van der Waals surface area contributed by atoms with Gasteiger partial charge in [-0.3, -0.25) is 9.78 Å². The molecule has 0 spiro atoms. The summed E-state index contributed by atoms with van der Waals surface area (Å²) in [6, 6.07) is 20.4. The Morgan fingerprint density at radius 3 is 2.28 bits per heavy atom. The molecule has 0 aliphatic carbocycles. The molecule has 0 aliphatic rings. The molecular formula is C23H26N4O2. The lowest BCUT2D eigenvalue weighted by atomic mass is 10.0. The second kappa shape index (κ2) is 9.82. The Hall–Kier alpha value is -3.22. The van der Waals surface area contributed by atoms with Gasteiger partial charge in [-0.05, 0) is 48.4 Å². The zero-order valence-corrected chi connectivity index (χ0v) is 16.4. The highest BCUT2D eigenvalue weighted by molar-refractivity contribution is 5.94. The monoisotopic (exact) mass is 390 g/mol. The van der Waals surface area contributed by atoms with Crippen molar-refractivity contribution in [2.75, 3.05) is 18.5 Å². The molecule has 150 valence electrons. The van der Waals surface area contributed by atoms with Gasteiger partial charge in [0.15, 0.2) is 0 Å².